The van der Waals surface area contributed by atoms with E-state index in [4.69, 9.17) is 14.2 Å². The Kier molecular flexibility index (Phi) is 8.61. The lowest BCUT2D eigenvalue weighted by Crippen LogP contribution is -2.40. The predicted molar refractivity (Wildman–Crippen MR) is 152 cm³/mol. The van der Waals surface area contributed by atoms with Gasteiger partial charge in [0.25, 0.3) is 0 Å². The highest BCUT2D eigenvalue weighted by Gasteiger charge is 2.28. The molecule has 0 saturated carbocycles. The molecule has 1 fully saturated rings. The number of nitrogens with one attached hydrogen (secondary N) is 1. The highest BCUT2D eigenvalue weighted by atomic mass is 16.6. The molecule has 3 aromatic carbocycles. The first kappa shape index (κ1) is 27.2. The van der Waals surface area contributed by atoms with Crippen LogP contribution in [0.5, 0.6) is 5.75 Å². The largest absolute Gasteiger partial charge is 0.496 e. The summed E-state index contributed by atoms with van der Waals surface area (Å²) < 4.78 is 16.6. The molecule has 2 heterocycles. The maximum Gasteiger partial charge on any atom is 0.414 e. The maximum atomic E-state index is 12.8. The van der Waals surface area contributed by atoms with Crippen LogP contribution in [-0.2, 0) is 15.9 Å². The van der Waals surface area contributed by atoms with Gasteiger partial charge in [0.1, 0.15) is 18.5 Å². The van der Waals surface area contributed by atoms with Gasteiger partial charge in [-0.3, -0.25) is 19.9 Å². The van der Waals surface area contributed by atoms with Gasteiger partial charge < -0.3 is 14.2 Å². The number of hydrogen-bond acceptors (Lipinski definition) is 7. The molecule has 0 spiro atoms. The number of aldehydes is 1. The van der Waals surface area contributed by atoms with E-state index in [1.54, 1.807) is 17.0 Å². The topological polar surface area (TPSA) is 97.4 Å². The van der Waals surface area contributed by atoms with Gasteiger partial charge in [-0.05, 0) is 42.5 Å². The van der Waals surface area contributed by atoms with Gasteiger partial charge in [-0.2, -0.15) is 0 Å². The Labute approximate surface area is 233 Å². The van der Waals surface area contributed by atoms with Crippen molar-refractivity contribution in [3.05, 3.63) is 77.9 Å². The molecule has 208 valence electrons. The van der Waals surface area contributed by atoms with E-state index in [0.29, 0.717) is 49.4 Å². The maximum absolute atomic E-state index is 12.8. The SMILES string of the molecule is COc1cc2c(cc1C=O)CCN2C(=O)OCCN1CCC(OC(=O)Nc2ccccc2-c2ccccc2)CC1. The summed E-state index contributed by atoms with van der Waals surface area (Å²) in [5.74, 6) is 0.438. The van der Waals surface area contributed by atoms with E-state index in [1.807, 2.05) is 54.6 Å². The van der Waals surface area contributed by atoms with Gasteiger partial charge in [0.15, 0.2) is 6.29 Å². The lowest BCUT2D eigenvalue weighted by molar-refractivity contribution is 0.0511. The Morgan fingerprint density at radius 3 is 2.50 bits per heavy atom. The second-order valence-corrected chi connectivity index (χ2v) is 9.84. The Balaban J connectivity index is 1.05. The Morgan fingerprint density at radius 2 is 1.75 bits per heavy atom. The number of nitrogens with zero attached hydrogens (tertiary/aromatic N) is 2. The van der Waals surface area contributed by atoms with Gasteiger partial charge >= 0.3 is 12.2 Å². The summed E-state index contributed by atoms with van der Waals surface area (Å²) in [6, 6.07) is 21.0. The number of carbonyl (C=O) groups is 3. The minimum absolute atomic E-state index is 0.171. The molecule has 0 aliphatic carbocycles. The van der Waals surface area contributed by atoms with Crippen molar-refractivity contribution >= 4 is 29.8 Å². The van der Waals surface area contributed by atoms with Crippen LogP contribution in [0, 0.1) is 0 Å². The van der Waals surface area contributed by atoms with Crippen LogP contribution in [0.4, 0.5) is 21.0 Å². The molecule has 0 aromatic heterocycles. The van der Waals surface area contributed by atoms with Crippen LogP contribution in [0.3, 0.4) is 0 Å². The Morgan fingerprint density at radius 1 is 1.00 bits per heavy atom. The Hall–Kier alpha value is -4.37. The van der Waals surface area contributed by atoms with Crippen LogP contribution < -0.4 is 15.0 Å². The molecule has 9 nitrogen and oxygen atoms in total. The van der Waals surface area contributed by atoms with Crippen LogP contribution in [-0.4, -0.2) is 69.4 Å². The number of piperidine rings is 1. The molecule has 2 amide bonds. The summed E-state index contributed by atoms with van der Waals surface area (Å²) in [7, 11) is 1.50. The molecule has 0 atom stereocenters. The molecule has 2 aliphatic heterocycles. The zero-order valence-electron chi connectivity index (χ0n) is 22.5. The fourth-order valence-corrected chi connectivity index (χ4v) is 5.24. The standard InChI is InChI=1S/C31H33N3O6/c1-38-29-20-28-23(19-24(29)21-35)11-16-34(28)31(37)39-18-17-33-14-12-25(13-15-33)40-30(36)32-27-10-6-5-9-26(27)22-7-3-2-4-8-22/h2-10,19-21,25H,11-18H2,1H3,(H,32,36). The molecule has 1 N–H and O–H groups in total. The van der Waals surface area contributed by atoms with Crippen LogP contribution in [0.15, 0.2) is 66.7 Å². The van der Waals surface area contributed by atoms with Gasteiger partial charge in [-0.1, -0.05) is 48.5 Å². The number of ether oxygens (including phenoxy) is 3. The summed E-state index contributed by atoms with van der Waals surface area (Å²) in [4.78, 5) is 40.5. The summed E-state index contributed by atoms with van der Waals surface area (Å²) in [5.41, 5.74) is 4.78. The second kappa shape index (κ2) is 12.7. The van der Waals surface area contributed by atoms with E-state index < -0.39 is 12.2 Å². The van der Waals surface area contributed by atoms with Crippen LogP contribution in [0.25, 0.3) is 11.1 Å². The lowest BCUT2D eigenvalue weighted by Gasteiger charge is -2.31. The molecule has 2 aliphatic rings. The van der Waals surface area contributed by atoms with Crippen LogP contribution in [0.2, 0.25) is 0 Å². The van der Waals surface area contributed by atoms with Gasteiger partial charge in [0.05, 0.1) is 24.0 Å². The van der Waals surface area contributed by atoms with Crippen LogP contribution >= 0.6 is 0 Å². The van der Waals surface area contributed by atoms with E-state index in [0.717, 1.165) is 41.8 Å². The average Bonchev–Trinajstić information content (AvgIpc) is 3.41. The summed E-state index contributed by atoms with van der Waals surface area (Å²) in [6.07, 6.45) is 1.79. The zero-order valence-corrected chi connectivity index (χ0v) is 22.5. The molecular formula is C31H33N3O6. The minimum atomic E-state index is -0.460. The quantitative estimate of drug-likeness (QED) is 0.381. The normalized spacial score (nSPS) is 15.3. The van der Waals surface area contributed by atoms with Gasteiger partial charge in [-0.25, -0.2) is 9.59 Å². The number of fused-ring (bicyclic) bond motifs is 1. The molecule has 40 heavy (non-hydrogen) atoms. The first-order valence-electron chi connectivity index (χ1n) is 13.5. The minimum Gasteiger partial charge on any atom is -0.496 e. The number of likely N-dealkylation sites (tertiary alicyclic amines) is 1. The highest BCUT2D eigenvalue weighted by molar-refractivity contribution is 5.93. The first-order valence-corrected chi connectivity index (χ1v) is 13.5. The summed E-state index contributed by atoms with van der Waals surface area (Å²) in [5, 5.41) is 2.90. The molecule has 0 bridgehead atoms. The van der Waals surface area contributed by atoms with Crippen molar-refractivity contribution in [2.45, 2.75) is 25.4 Å². The average molecular weight is 544 g/mol. The molecule has 0 radical (unpaired) electrons. The molecule has 0 unspecified atom stereocenters. The molecule has 5 rings (SSSR count). The highest BCUT2D eigenvalue weighted by Crippen LogP contribution is 2.34. The Bertz CT molecular complexity index is 1350. The van der Waals surface area contributed by atoms with Crippen molar-refractivity contribution in [2.24, 2.45) is 0 Å². The molecule has 1 saturated heterocycles. The van der Waals surface area contributed by atoms with Gasteiger partial charge in [-0.15, -0.1) is 0 Å². The van der Waals surface area contributed by atoms with Crippen molar-refractivity contribution in [3.63, 3.8) is 0 Å². The number of hydrogen-bond donors (Lipinski definition) is 1. The van der Waals surface area contributed by atoms with Crippen molar-refractivity contribution in [2.75, 3.05) is 50.1 Å². The van der Waals surface area contributed by atoms with Gasteiger partial charge in [0, 0.05) is 37.8 Å². The smallest absolute Gasteiger partial charge is 0.414 e. The number of para-hydroxylation sites is 1. The fraction of sp³-hybridized carbons (Fsp3) is 0.323. The van der Waals surface area contributed by atoms with E-state index in [-0.39, 0.29) is 12.7 Å². The molecular weight excluding hydrogens is 510 g/mol. The summed E-state index contributed by atoms with van der Waals surface area (Å²) >= 11 is 0. The van der Waals surface area contributed by atoms with E-state index in [2.05, 4.69) is 10.2 Å². The van der Waals surface area contributed by atoms with Crippen molar-refractivity contribution in [3.8, 4) is 16.9 Å². The van der Waals surface area contributed by atoms with E-state index in [1.165, 1.54) is 7.11 Å². The van der Waals surface area contributed by atoms with Crippen molar-refractivity contribution < 1.29 is 28.6 Å². The third kappa shape index (κ3) is 6.26. The van der Waals surface area contributed by atoms with Crippen LogP contribution in [0.1, 0.15) is 28.8 Å². The fourth-order valence-electron chi connectivity index (χ4n) is 5.24. The van der Waals surface area contributed by atoms with Crippen molar-refractivity contribution in [1.82, 2.24) is 4.90 Å². The predicted octanol–water partition coefficient (Wildman–Crippen LogP) is 5.39. The first-order chi connectivity index (χ1) is 19.6. The summed E-state index contributed by atoms with van der Waals surface area (Å²) in [6.45, 7) is 2.85. The molecule has 9 heteroatoms. The number of methoxy groups -OCH3 is 1. The van der Waals surface area contributed by atoms with E-state index in [9.17, 15) is 14.4 Å². The number of rotatable bonds is 8. The third-order valence-corrected chi connectivity index (χ3v) is 7.36. The second-order valence-electron chi connectivity index (χ2n) is 9.84. The molecule has 3 aromatic rings. The van der Waals surface area contributed by atoms with Crippen molar-refractivity contribution in [1.29, 1.82) is 0 Å². The zero-order chi connectivity index (χ0) is 27.9. The number of benzene rings is 3. The number of amides is 2. The number of anilines is 2. The monoisotopic (exact) mass is 543 g/mol. The number of carbonyl (C=O) groups excluding carboxylic acids is 3. The van der Waals surface area contributed by atoms with E-state index >= 15 is 0 Å². The third-order valence-electron chi connectivity index (χ3n) is 7.36. The lowest BCUT2D eigenvalue weighted by atomic mass is 10.0. The van der Waals surface area contributed by atoms with Gasteiger partial charge in [0.2, 0.25) is 0 Å².